The maximum atomic E-state index is 11.9. The van der Waals surface area contributed by atoms with Crippen molar-refractivity contribution in [3.8, 4) is 10.6 Å². The number of hydrogen-bond acceptors (Lipinski definition) is 6. The van der Waals surface area contributed by atoms with Crippen molar-refractivity contribution in [3.05, 3.63) is 76.8 Å². The molecule has 30 heavy (non-hydrogen) atoms. The van der Waals surface area contributed by atoms with E-state index in [9.17, 15) is 13.0 Å². The summed E-state index contributed by atoms with van der Waals surface area (Å²) in [5.41, 5.74) is 4.12. The van der Waals surface area contributed by atoms with Gasteiger partial charge in [-0.25, -0.2) is 9.97 Å². The third-order valence-electron chi connectivity index (χ3n) is 4.84. The number of nitrogens with zero attached hydrogens (tertiary/aromatic N) is 2. The standard InChI is InChI=1S/C22H16N2O3S3/c1-13-7-9-17-20(21(13)30(25,26)27)29-22(24-17)15-8-10-16-18(12-15)28-19(23-16)11-14-5-3-2-4-6-14/h2-10,12H,11H2,1H3,(H,25,26,27). The Morgan fingerprint density at radius 3 is 2.47 bits per heavy atom. The third-order valence-corrected chi connectivity index (χ3v) is 8.17. The number of benzene rings is 3. The van der Waals surface area contributed by atoms with Gasteiger partial charge in [0, 0.05) is 12.0 Å². The lowest BCUT2D eigenvalue weighted by molar-refractivity contribution is 0.484. The molecule has 0 atom stereocenters. The average molecular weight is 453 g/mol. The van der Waals surface area contributed by atoms with E-state index in [0.29, 0.717) is 20.8 Å². The van der Waals surface area contributed by atoms with Crippen LogP contribution in [0.2, 0.25) is 0 Å². The van der Waals surface area contributed by atoms with E-state index < -0.39 is 10.1 Å². The summed E-state index contributed by atoms with van der Waals surface area (Å²) < 4.78 is 34.9. The number of hydrogen-bond donors (Lipinski definition) is 1. The van der Waals surface area contributed by atoms with Crippen LogP contribution in [0.5, 0.6) is 0 Å². The summed E-state index contributed by atoms with van der Waals surface area (Å²) in [6, 6.07) is 19.6. The maximum absolute atomic E-state index is 11.9. The van der Waals surface area contributed by atoms with Gasteiger partial charge < -0.3 is 0 Å². The summed E-state index contributed by atoms with van der Waals surface area (Å²) in [6.07, 6.45) is 0.785. The van der Waals surface area contributed by atoms with E-state index in [2.05, 4.69) is 17.1 Å². The number of thiazole rings is 2. The molecule has 0 fully saturated rings. The molecule has 1 N–H and O–H groups in total. The molecule has 0 saturated heterocycles. The van der Waals surface area contributed by atoms with Gasteiger partial charge in [-0.1, -0.05) is 36.4 Å². The highest BCUT2D eigenvalue weighted by Gasteiger charge is 2.21. The van der Waals surface area contributed by atoms with Crippen molar-refractivity contribution >= 4 is 53.2 Å². The van der Waals surface area contributed by atoms with Crippen LogP contribution in [0.15, 0.2) is 65.6 Å². The highest BCUT2D eigenvalue weighted by Crippen LogP contribution is 2.37. The van der Waals surface area contributed by atoms with Gasteiger partial charge in [-0.3, -0.25) is 4.55 Å². The molecule has 0 amide bonds. The summed E-state index contributed by atoms with van der Waals surface area (Å²) in [5, 5.41) is 1.75. The van der Waals surface area contributed by atoms with Crippen molar-refractivity contribution < 1.29 is 13.0 Å². The van der Waals surface area contributed by atoms with E-state index in [1.165, 1.54) is 16.9 Å². The van der Waals surface area contributed by atoms with Crippen molar-refractivity contribution in [1.29, 1.82) is 0 Å². The van der Waals surface area contributed by atoms with Crippen LogP contribution in [0.4, 0.5) is 0 Å². The van der Waals surface area contributed by atoms with Crippen LogP contribution in [0.25, 0.3) is 31.0 Å². The van der Waals surface area contributed by atoms with Crippen LogP contribution in [0.3, 0.4) is 0 Å². The number of fused-ring (bicyclic) bond motifs is 2. The van der Waals surface area contributed by atoms with Crippen molar-refractivity contribution in [3.63, 3.8) is 0 Å². The fourth-order valence-electron chi connectivity index (χ4n) is 3.46. The Kier molecular flexibility index (Phi) is 4.67. The van der Waals surface area contributed by atoms with Gasteiger partial charge in [0.15, 0.2) is 0 Å². The molecule has 3 aromatic carbocycles. The molecule has 0 aliphatic carbocycles. The fourth-order valence-corrected chi connectivity index (χ4v) is 6.81. The minimum absolute atomic E-state index is 0.0623. The summed E-state index contributed by atoms with van der Waals surface area (Å²) in [6.45, 7) is 1.67. The summed E-state index contributed by atoms with van der Waals surface area (Å²) in [7, 11) is -4.33. The van der Waals surface area contributed by atoms with Crippen LogP contribution in [-0.2, 0) is 16.5 Å². The normalized spacial score (nSPS) is 12.1. The number of aromatic nitrogens is 2. The van der Waals surface area contributed by atoms with Crippen molar-refractivity contribution in [2.45, 2.75) is 18.2 Å². The molecule has 0 aliphatic rings. The second kappa shape index (κ2) is 7.24. The van der Waals surface area contributed by atoms with E-state index in [1.54, 1.807) is 30.4 Å². The Bertz CT molecular complexity index is 1500. The zero-order valence-corrected chi connectivity index (χ0v) is 18.3. The van der Waals surface area contributed by atoms with E-state index >= 15 is 0 Å². The molecule has 0 unspecified atom stereocenters. The highest BCUT2D eigenvalue weighted by molar-refractivity contribution is 7.86. The molecule has 0 aliphatic heterocycles. The smallest absolute Gasteiger partial charge is 0.282 e. The van der Waals surface area contributed by atoms with Gasteiger partial charge in [-0.05, 0) is 42.3 Å². The Balaban J connectivity index is 1.57. The summed E-state index contributed by atoms with van der Waals surface area (Å²) in [4.78, 5) is 9.28. The van der Waals surface area contributed by atoms with Gasteiger partial charge in [-0.2, -0.15) is 8.42 Å². The molecule has 0 spiro atoms. The van der Waals surface area contributed by atoms with E-state index in [4.69, 9.17) is 4.98 Å². The van der Waals surface area contributed by atoms with Crippen molar-refractivity contribution in [2.75, 3.05) is 0 Å². The second-order valence-electron chi connectivity index (χ2n) is 7.01. The highest BCUT2D eigenvalue weighted by atomic mass is 32.2. The number of aryl methyl sites for hydroxylation is 1. The van der Waals surface area contributed by atoms with Crippen LogP contribution in [-0.4, -0.2) is 22.9 Å². The Hall–Kier alpha value is -2.65. The second-order valence-corrected chi connectivity index (χ2v) is 10.5. The largest absolute Gasteiger partial charge is 0.296 e. The molecule has 0 radical (unpaired) electrons. The Morgan fingerprint density at radius 2 is 1.70 bits per heavy atom. The first-order valence-corrected chi connectivity index (χ1v) is 12.3. The van der Waals surface area contributed by atoms with Gasteiger partial charge >= 0.3 is 0 Å². The van der Waals surface area contributed by atoms with Crippen molar-refractivity contribution in [2.24, 2.45) is 0 Å². The monoisotopic (exact) mass is 452 g/mol. The topological polar surface area (TPSA) is 80.2 Å². The SMILES string of the molecule is Cc1ccc2nc(-c3ccc4nc(Cc5ccccc5)sc4c3)sc2c1S(=O)(=O)O. The first-order valence-electron chi connectivity index (χ1n) is 9.20. The Morgan fingerprint density at radius 1 is 0.933 bits per heavy atom. The minimum atomic E-state index is -4.33. The van der Waals surface area contributed by atoms with Crippen molar-refractivity contribution in [1.82, 2.24) is 9.97 Å². The van der Waals surface area contributed by atoms with Gasteiger partial charge in [0.25, 0.3) is 10.1 Å². The molecule has 5 nitrogen and oxygen atoms in total. The van der Waals surface area contributed by atoms with Gasteiger partial charge in [0.1, 0.15) is 9.90 Å². The maximum Gasteiger partial charge on any atom is 0.296 e. The van der Waals surface area contributed by atoms with E-state index in [0.717, 1.165) is 27.2 Å². The first kappa shape index (κ1) is 19.3. The van der Waals surface area contributed by atoms with E-state index in [-0.39, 0.29) is 4.90 Å². The predicted molar refractivity (Wildman–Crippen MR) is 122 cm³/mol. The van der Waals surface area contributed by atoms with Crippen LogP contribution < -0.4 is 0 Å². The number of rotatable bonds is 4. The molecule has 150 valence electrons. The van der Waals surface area contributed by atoms with E-state index in [1.807, 2.05) is 36.4 Å². The van der Waals surface area contributed by atoms with Gasteiger partial charge in [0.2, 0.25) is 0 Å². The molecule has 2 heterocycles. The Labute approximate surface area is 181 Å². The molecular formula is C22H16N2O3S3. The van der Waals surface area contributed by atoms with Crippen LogP contribution >= 0.6 is 22.7 Å². The quantitative estimate of drug-likeness (QED) is 0.353. The molecule has 8 heteroatoms. The average Bonchev–Trinajstić information content (AvgIpc) is 3.30. The van der Waals surface area contributed by atoms with Gasteiger partial charge in [0.05, 0.1) is 25.4 Å². The molecule has 5 rings (SSSR count). The molecule has 5 aromatic rings. The van der Waals surface area contributed by atoms with Gasteiger partial charge in [-0.15, -0.1) is 22.7 Å². The third kappa shape index (κ3) is 3.52. The first-order chi connectivity index (χ1) is 14.4. The lowest BCUT2D eigenvalue weighted by Gasteiger charge is -2.02. The lowest BCUT2D eigenvalue weighted by atomic mass is 10.2. The van der Waals surface area contributed by atoms with Crippen LogP contribution in [0, 0.1) is 6.92 Å². The molecule has 2 aromatic heterocycles. The molecule has 0 bridgehead atoms. The zero-order chi connectivity index (χ0) is 20.9. The molecule has 0 saturated carbocycles. The lowest BCUT2D eigenvalue weighted by Crippen LogP contribution is -2.00. The summed E-state index contributed by atoms with van der Waals surface area (Å²) >= 11 is 2.92. The predicted octanol–water partition coefficient (Wildman–Crippen LogP) is 5.72. The van der Waals surface area contributed by atoms with Crippen LogP contribution in [0.1, 0.15) is 16.1 Å². The minimum Gasteiger partial charge on any atom is -0.282 e. The zero-order valence-electron chi connectivity index (χ0n) is 15.9. The summed E-state index contributed by atoms with van der Waals surface area (Å²) in [5.74, 6) is 0. The fraction of sp³-hybridized carbons (Fsp3) is 0.0909. The molecular weight excluding hydrogens is 436 g/mol.